The third kappa shape index (κ3) is 5.29. The maximum absolute atomic E-state index is 11.0. The number of hydrogen-bond acceptors (Lipinski definition) is 3. The van der Waals surface area contributed by atoms with Gasteiger partial charge in [-0.15, -0.1) is 0 Å². The highest BCUT2D eigenvalue weighted by Crippen LogP contribution is 2.42. The molecule has 1 aromatic heterocycles. The van der Waals surface area contributed by atoms with Gasteiger partial charge in [0.15, 0.2) is 11.5 Å². The van der Waals surface area contributed by atoms with E-state index >= 15 is 0 Å². The van der Waals surface area contributed by atoms with Gasteiger partial charge in [0.1, 0.15) is 7.05 Å². The Kier molecular flexibility index (Phi) is 7.00. The number of fused-ring (bicyclic) bond motifs is 1. The van der Waals surface area contributed by atoms with E-state index in [9.17, 15) is 4.57 Å². The van der Waals surface area contributed by atoms with Crippen LogP contribution in [0.5, 0.6) is 11.5 Å². The molecule has 0 amide bonds. The monoisotopic (exact) mass is 499 g/mol. The van der Waals surface area contributed by atoms with Crippen molar-refractivity contribution in [1.82, 2.24) is 0 Å². The second-order valence-electron chi connectivity index (χ2n) is 5.70. The highest BCUT2D eigenvalue weighted by molar-refractivity contribution is 7.46. The van der Waals surface area contributed by atoms with Gasteiger partial charge >= 0.3 is 7.82 Å². The van der Waals surface area contributed by atoms with Crippen LogP contribution in [0, 0.1) is 0 Å². The maximum Gasteiger partial charge on any atom is 0.524 e. The maximum atomic E-state index is 11.0. The van der Waals surface area contributed by atoms with Gasteiger partial charge in [-0.3, -0.25) is 9.79 Å². The number of hydrogen-bond donors (Lipinski definition) is 2. The molecule has 0 saturated heterocycles. The van der Waals surface area contributed by atoms with Gasteiger partial charge in [0.05, 0.1) is 7.11 Å². The number of para-hydroxylation sites is 1. The van der Waals surface area contributed by atoms with Crippen molar-refractivity contribution in [3.63, 3.8) is 0 Å². The van der Waals surface area contributed by atoms with Gasteiger partial charge in [-0.25, -0.2) is 4.57 Å². The third-order valence-electron chi connectivity index (χ3n) is 3.97. The van der Waals surface area contributed by atoms with Crippen molar-refractivity contribution in [3.8, 4) is 11.5 Å². The molecule has 0 radical (unpaired) electrons. The summed E-state index contributed by atoms with van der Waals surface area (Å²) >= 11 is 0. The minimum atomic E-state index is -4.64. The number of rotatable bonds is 5. The van der Waals surface area contributed by atoms with Crippen molar-refractivity contribution in [2.45, 2.75) is 0 Å². The molecule has 6 nitrogen and oxygen atoms in total. The third-order valence-corrected chi connectivity index (χ3v) is 4.41. The Morgan fingerprint density at radius 2 is 1.74 bits per heavy atom. The topological polar surface area (TPSA) is 79.9 Å². The Balaban J connectivity index is 0.00000261. The van der Waals surface area contributed by atoms with Crippen LogP contribution in [0.1, 0.15) is 11.3 Å². The number of benzene rings is 2. The normalized spacial score (nSPS) is 11.4. The van der Waals surface area contributed by atoms with Crippen molar-refractivity contribution in [2.75, 3.05) is 7.11 Å². The molecule has 8 heteroatoms. The second kappa shape index (κ2) is 8.84. The van der Waals surface area contributed by atoms with Crippen LogP contribution in [0.4, 0.5) is 0 Å². The van der Waals surface area contributed by atoms with Crippen LogP contribution in [-0.2, 0) is 11.6 Å². The van der Waals surface area contributed by atoms with E-state index in [0.717, 1.165) is 22.2 Å². The van der Waals surface area contributed by atoms with Gasteiger partial charge in [-0.1, -0.05) is 18.2 Å². The average Bonchev–Trinajstić information content (AvgIpc) is 2.61. The van der Waals surface area contributed by atoms with Crippen molar-refractivity contribution in [2.24, 2.45) is 7.05 Å². The highest BCUT2D eigenvalue weighted by Gasteiger charge is 2.19. The summed E-state index contributed by atoms with van der Waals surface area (Å²) in [4.78, 5) is 17.9. The number of aromatic nitrogens is 1. The summed E-state index contributed by atoms with van der Waals surface area (Å²) in [6, 6.07) is 17.0. The zero-order valence-corrected chi connectivity index (χ0v) is 17.8. The predicted octanol–water partition coefficient (Wildman–Crippen LogP) is 0.319. The van der Waals surface area contributed by atoms with E-state index in [4.69, 9.17) is 14.5 Å². The van der Waals surface area contributed by atoms with Gasteiger partial charge < -0.3 is 33.2 Å². The molecule has 0 atom stereocenters. The van der Waals surface area contributed by atoms with Crippen LogP contribution in [0.3, 0.4) is 0 Å². The largest absolute Gasteiger partial charge is 1.00 e. The first kappa shape index (κ1) is 21.4. The number of phosphoric acid groups is 1. The summed E-state index contributed by atoms with van der Waals surface area (Å²) in [5.41, 5.74) is 2.95. The lowest BCUT2D eigenvalue weighted by atomic mass is 10.1. The summed E-state index contributed by atoms with van der Waals surface area (Å²) in [6.07, 6.45) is 3.86. The van der Waals surface area contributed by atoms with E-state index in [1.807, 2.05) is 37.4 Å². The SMILES string of the molecule is COc1cc(C=Cc2ccc3ccccc3[n+]2C)ccc1OP(=O)(O)O.[I-]. The summed E-state index contributed by atoms with van der Waals surface area (Å²) in [6.45, 7) is 0. The number of aryl methyl sites for hydroxylation is 1. The molecule has 3 rings (SSSR count). The first-order valence-electron chi connectivity index (χ1n) is 7.86. The number of ether oxygens (including phenoxy) is 1. The van der Waals surface area contributed by atoms with E-state index in [1.54, 1.807) is 12.1 Å². The molecule has 0 bridgehead atoms. The number of pyridine rings is 1. The van der Waals surface area contributed by atoms with Crippen molar-refractivity contribution < 1.29 is 52.2 Å². The first-order chi connectivity index (χ1) is 12.4. The molecule has 2 aromatic carbocycles. The van der Waals surface area contributed by atoms with Crippen molar-refractivity contribution >= 4 is 30.9 Å². The van der Waals surface area contributed by atoms with Gasteiger partial charge in [0.25, 0.3) is 0 Å². The highest BCUT2D eigenvalue weighted by atomic mass is 127. The van der Waals surface area contributed by atoms with E-state index in [-0.39, 0.29) is 35.5 Å². The summed E-state index contributed by atoms with van der Waals surface area (Å²) in [5.74, 6) is 0.243. The molecular formula is C19H19INO5P. The minimum absolute atomic E-state index is 0. The molecule has 1 heterocycles. The van der Waals surface area contributed by atoms with E-state index in [0.29, 0.717) is 0 Å². The Morgan fingerprint density at radius 3 is 2.44 bits per heavy atom. The Hall–Kier alpha value is -1.93. The fourth-order valence-electron chi connectivity index (χ4n) is 2.70. The summed E-state index contributed by atoms with van der Waals surface area (Å²) in [7, 11) is -1.22. The van der Waals surface area contributed by atoms with Gasteiger partial charge in [0.2, 0.25) is 11.2 Å². The Bertz CT molecular complexity index is 1030. The van der Waals surface area contributed by atoms with Crippen molar-refractivity contribution in [3.05, 3.63) is 65.9 Å². The van der Waals surface area contributed by atoms with E-state index in [2.05, 4.69) is 27.3 Å². The average molecular weight is 499 g/mol. The molecule has 0 saturated carbocycles. The van der Waals surface area contributed by atoms with Crippen molar-refractivity contribution in [1.29, 1.82) is 0 Å². The van der Waals surface area contributed by atoms with Gasteiger partial charge in [-0.2, -0.15) is 4.57 Å². The van der Waals surface area contributed by atoms with Crippen LogP contribution < -0.4 is 37.8 Å². The molecule has 0 aliphatic carbocycles. The van der Waals surface area contributed by atoms with Gasteiger partial charge in [0, 0.05) is 23.6 Å². The lowest BCUT2D eigenvalue weighted by molar-refractivity contribution is -0.646. The zero-order valence-electron chi connectivity index (χ0n) is 14.7. The Morgan fingerprint density at radius 1 is 1.00 bits per heavy atom. The second-order valence-corrected chi connectivity index (χ2v) is 6.87. The lowest BCUT2D eigenvalue weighted by Gasteiger charge is -2.11. The van der Waals surface area contributed by atoms with Crippen LogP contribution in [0.2, 0.25) is 0 Å². The molecule has 142 valence electrons. The molecule has 0 aliphatic rings. The fourth-order valence-corrected chi connectivity index (χ4v) is 3.11. The summed E-state index contributed by atoms with van der Waals surface area (Å²) in [5, 5.41) is 1.16. The standard InChI is InChI=1S/C19H18NO5P.HI/c1-20-16(11-9-15-5-3-4-6-17(15)20)10-7-14-8-12-18(19(13-14)24-2)25-26(21,22)23;/h3-13H,1-2H3,(H-,21,22,23);1H. The Labute approximate surface area is 174 Å². The molecule has 0 unspecified atom stereocenters. The number of phosphoric ester groups is 1. The predicted molar refractivity (Wildman–Crippen MR) is 99.7 cm³/mol. The molecule has 27 heavy (non-hydrogen) atoms. The van der Waals surface area contributed by atoms with Crippen LogP contribution in [-0.4, -0.2) is 16.9 Å². The minimum Gasteiger partial charge on any atom is -1.00 e. The zero-order chi connectivity index (χ0) is 18.7. The molecular weight excluding hydrogens is 480 g/mol. The first-order valence-corrected chi connectivity index (χ1v) is 9.39. The van der Waals surface area contributed by atoms with E-state index < -0.39 is 7.82 Å². The fraction of sp³-hybridized carbons (Fsp3) is 0.105. The molecule has 0 fully saturated rings. The molecule has 2 N–H and O–H groups in total. The van der Waals surface area contributed by atoms with Gasteiger partial charge in [-0.05, 0) is 35.9 Å². The number of halogens is 1. The number of nitrogens with zero attached hydrogens (tertiary/aromatic N) is 1. The van der Waals surface area contributed by atoms with Crippen LogP contribution in [0.15, 0.2) is 54.6 Å². The van der Waals surface area contributed by atoms with Crippen LogP contribution >= 0.6 is 7.82 Å². The summed E-state index contributed by atoms with van der Waals surface area (Å²) < 4.78 is 22.9. The number of methoxy groups -OCH3 is 1. The molecule has 0 spiro atoms. The molecule has 0 aliphatic heterocycles. The smallest absolute Gasteiger partial charge is 0.524 e. The quantitative estimate of drug-likeness (QED) is 0.301. The lowest BCUT2D eigenvalue weighted by Crippen LogP contribution is -3.00. The van der Waals surface area contributed by atoms with Crippen LogP contribution in [0.25, 0.3) is 23.1 Å². The molecule has 3 aromatic rings. The van der Waals surface area contributed by atoms with E-state index in [1.165, 1.54) is 13.2 Å².